The van der Waals surface area contributed by atoms with E-state index in [2.05, 4.69) is 20.7 Å². The first-order valence-electron chi connectivity index (χ1n) is 8.99. The van der Waals surface area contributed by atoms with Crippen LogP contribution in [0.2, 0.25) is 0 Å². The molecule has 0 saturated heterocycles. The molecule has 1 atom stereocenters. The molecule has 0 aliphatic carbocycles. The predicted octanol–water partition coefficient (Wildman–Crippen LogP) is 2.35. The number of carbonyl (C=O) groups excluding carboxylic acids is 2. The van der Waals surface area contributed by atoms with Crippen LogP contribution in [0.25, 0.3) is 0 Å². The van der Waals surface area contributed by atoms with Crippen LogP contribution in [-0.2, 0) is 18.3 Å². The van der Waals surface area contributed by atoms with E-state index in [0.29, 0.717) is 24.4 Å². The fraction of sp³-hybridized carbons (Fsp3) is 0.474. The molecule has 0 aliphatic rings. The van der Waals surface area contributed by atoms with Crippen LogP contribution in [0.4, 0.5) is 10.5 Å². The summed E-state index contributed by atoms with van der Waals surface area (Å²) >= 11 is 0. The molecule has 8 nitrogen and oxygen atoms in total. The minimum absolute atomic E-state index is 0.0522. The maximum Gasteiger partial charge on any atom is 0.319 e. The Morgan fingerprint density at radius 3 is 2.52 bits per heavy atom. The molecule has 8 heteroatoms. The summed E-state index contributed by atoms with van der Waals surface area (Å²) in [4.78, 5) is 30.2. The molecule has 0 fully saturated rings. The fourth-order valence-electron chi connectivity index (χ4n) is 2.74. The number of aryl methyl sites for hydroxylation is 2. The molecule has 27 heavy (non-hydrogen) atoms. The first-order chi connectivity index (χ1) is 12.8. The molecule has 3 amide bonds. The minimum atomic E-state index is -0.317. The largest absolute Gasteiger partial charge is 0.349 e. The lowest BCUT2D eigenvalue weighted by Gasteiger charge is -2.22. The van der Waals surface area contributed by atoms with E-state index in [0.717, 1.165) is 5.56 Å². The number of benzene rings is 1. The van der Waals surface area contributed by atoms with Gasteiger partial charge in [-0.15, -0.1) is 0 Å². The van der Waals surface area contributed by atoms with Crippen molar-refractivity contribution in [2.45, 2.75) is 32.7 Å². The van der Waals surface area contributed by atoms with E-state index in [1.165, 1.54) is 6.33 Å². The van der Waals surface area contributed by atoms with Crippen LogP contribution in [0.3, 0.4) is 0 Å². The number of hydrogen-bond acceptors (Lipinski definition) is 4. The Balaban J connectivity index is 2.07. The van der Waals surface area contributed by atoms with Crippen molar-refractivity contribution in [3.63, 3.8) is 0 Å². The van der Waals surface area contributed by atoms with E-state index in [9.17, 15) is 9.59 Å². The number of carbonyl (C=O) groups is 2. The van der Waals surface area contributed by atoms with Crippen molar-refractivity contribution >= 4 is 17.6 Å². The second-order valence-electron chi connectivity index (χ2n) is 7.01. The quantitative estimate of drug-likeness (QED) is 0.780. The van der Waals surface area contributed by atoms with E-state index in [-0.39, 0.29) is 23.9 Å². The standard InChI is InChI=1S/C19H28N6O2/c1-13(2)17(18-20-12-21-25(18)5)23-19(27)22-15-9-7-6-8-14(15)10-11-16(26)24(3)4/h6-9,12-13,17H,10-11H2,1-5H3,(H2,22,23,27)/t17-/m0/s1. The lowest BCUT2D eigenvalue weighted by molar-refractivity contribution is -0.128. The molecule has 0 aliphatic heterocycles. The summed E-state index contributed by atoms with van der Waals surface area (Å²) in [6.45, 7) is 4.03. The zero-order chi connectivity index (χ0) is 20.0. The van der Waals surface area contributed by atoms with E-state index >= 15 is 0 Å². The second kappa shape index (κ2) is 9.16. The Hall–Kier alpha value is -2.90. The van der Waals surface area contributed by atoms with Gasteiger partial charge in [0, 0.05) is 33.3 Å². The molecule has 146 valence electrons. The molecule has 1 heterocycles. The zero-order valence-electron chi connectivity index (χ0n) is 16.6. The molecule has 2 aromatic rings. The first kappa shape index (κ1) is 20.4. The van der Waals surface area contributed by atoms with Gasteiger partial charge in [0.25, 0.3) is 0 Å². The van der Waals surface area contributed by atoms with Crippen molar-refractivity contribution in [3.05, 3.63) is 42.0 Å². The molecule has 0 spiro atoms. The predicted molar refractivity (Wildman–Crippen MR) is 104 cm³/mol. The summed E-state index contributed by atoms with van der Waals surface area (Å²) in [6.07, 6.45) is 2.42. The summed E-state index contributed by atoms with van der Waals surface area (Å²) < 4.78 is 1.66. The van der Waals surface area contributed by atoms with Crippen LogP contribution >= 0.6 is 0 Å². The van der Waals surface area contributed by atoms with E-state index in [1.54, 1.807) is 30.7 Å². The highest BCUT2D eigenvalue weighted by molar-refractivity contribution is 5.90. The average Bonchev–Trinajstić information content (AvgIpc) is 3.03. The number of amides is 3. The van der Waals surface area contributed by atoms with Crippen molar-refractivity contribution in [1.82, 2.24) is 25.0 Å². The monoisotopic (exact) mass is 372 g/mol. The van der Waals surface area contributed by atoms with Gasteiger partial charge in [-0.3, -0.25) is 9.48 Å². The van der Waals surface area contributed by atoms with Crippen molar-refractivity contribution < 1.29 is 9.59 Å². The number of aromatic nitrogens is 3. The average molecular weight is 372 g/mol. The summed E-state index contributed by atoms with van der Waals surface area (Å²) in [5.41, 5.74) is 1.62. The summed E-state index contributed by atoms with van der Waals surface area (Å²) in [6, 6.07) is 6.93. The van der Waals surface area contributed by atoms with Crippen LogP contribution in [0.5, 0.6) is 0 Å². The van der Waals surface area contributed by atoms with Crippen molar-refractivity contribution in [3.8, 4) is 0 Å². The maximum atomic E-state index is 12.6. The van der Waals surface area contributed by atoms with Gasteiger partial charge in [0.05, 0.1) is 6.04 Å². The molecule has 2 N–H and O–H groups in total. The SMILES string of the molecule is CC(C)[C@H](NC(=O)Nc1ccccc1CCC(=O)N(C)C)c1ncnn1C. The first-order valence-corrected chi connectivity index (χ1v) is 8.99. The lowest BCUT2D eigenvalue weighted by atomic mass is 10.0. The van der Waals surface area contributed by atoms with Gasteiger partial charge >= 0.3 is 6.03 Å². The zero-order valence-corrected chi connectivity index (χ0v) is 16.6. The van der Waals surface area contributed by atoms with Gasteiger partial charge in [-0.1, -0.05) is 32.0 Å². The van der Waals surface area contributed by atoms with Crippen LogP contribution in [0.1, 0.15) is 37.7 Å². The van der Waals surface area contributed by atoms with Gasteiger partial charge in [0.15, 0.2) is 0 Å². The Bertz CT molecular complexity index is 784. The summed E-state index contributed by atoms with van der Waals surface area (Å²) in [5, 5.41) is 9.95. The van der Waals surface area contributed by atoms with Gasteiger partial charge in [-0.25, -0.2) is 9.78 Å². The molecule has 0 saturated carbocycles. The number of nitrogens with one attached hydrogen (secondary N) is 2. The van der Waals surface area contributed by atoms with Gasteiger partial charge in [-0.05, 0) is 24.0 Å². The highest BCUT2D eigenvalue weighted by atomic mass is 16.2. The van der Waals surface area contributed by atoms with E-state index in [1.807, 2.05) is 38.1 Å². The molecule has 1 aromatic carbocycles. The third-order valence-corrected chi connectivity index (χ3v) is 4.35. The fourth-order valence-corrected chi connectivity index (χ4v) is 2.74. The maximum absolute atomic E-state index is 12.6. The van der Waals surface area contributed by atoms with Gasteiger partial charge < -0.3 is 15.5 Å². The minimum Gasteiger partial charge on any atom is -0.349 e. The molecular formula is C19H28N6O2. The molecule has 2 rings (SSSR count). The lowest BCUT2D eigenvalue weighted by Crippen LogP contribution is -2.36. The number of rotatable bonds is 7. The van der Waals surface area contributed by atoms with Crippen LogP contribution in [0.15, 0.2) is 30.6 Å². The number of urea groups is 1. The molecule has 1 aromatic heterocycles. The van der Waals surface area contributed by atoms with Crippen molar-refractivity contribution in [2.24, 2.45) is 13.0 Å². The number of nitrogens with zero attached hydrogens (tertiary/aromatic N) is 4. The summed E-state index contributed by atoms with van der Waals surface area (Å²) in [5.74, 6) is 0.896. The molecule has 0 unspecified atom stereocenters. The van der Waals surface area contributed by atoms with Gasteiger partial charge in [-0.2, -0.15) is 5.10 Å². The molecular weight excluding hydrogens is 344 g/mol. The second-order valence-corrected chi connectivity index (χ2v) is 7.01. The van der Waals surface area contributed by atoms with Crippen molar-refractivity contribution in [1.29, 1.82) is 0 Å². The third kappa shape index (κ3) is 5.54. The summed E-state index contributed by atoms with van der Waals surface area (Å²) in [7, 11) is 5.27. The van der Waals surface area contributed by atoms with Crippen molar-refractivity contribution in [2.75, 3.05) is 19.4 Å². The normalized spacial score (nSPS) is 11.9. The molecule has 0 bridgehead atoms. The highest BCUT2D eigenvalue weighted by Crippen LogP contribution is 2.21. The molecule has 0 radical (unpaired) electrons. The Morgan fingerprint density at radius 2 is 1.93 bits per heavy atom. The van der Waals surface area contributed by atoms with Gasteiger partial charge in [0.1, 0.15) is 12.2 Å². The van der Waals surface area contributed by atoms with E-state index < -0.39 is 0 Å². The Morgan fingerprint density at radius 1 is 1.22 bits per heavy atom. The number of hydrogen-bond donors (Lipinski definition) is 2. The Kier molecular flexibility index (Phi) is 6.92. The van der Waals surface area contributed by atoms with E-state index in [4.69, 9.17) is 0 Å². The smallest absolute Gasteiger partial charge is 0.319 e. The Labute approximate surface area is 160 Å². The topological polar surface area (TPSA) is 92.2 Å². The van der Waals surface area contributed by atoms with Crippen LogP contribution in [0, 0.1) is 5.92 Å². The number of para-hydroxylation sites is 1. The van der Waals surface area contributed by atoms with Crippen LogP contribution < -0.4 is 10.6 Å². The third-order valence-electron chi connectivity index (χ3n) is 4.35. The number of anilines is 1. The highest BCUT2D eigenvalue weighted by Gasteiger charge is 2.23. The van der Waals surface area contributed by atoms with Gasteiger partial charge in [0.2, 0.25) is 5.91 Å². The van der Waals surface area contributed by atoms with Crippen LogP contribution in [-0.4, -0.2) is 45.7 Å².